The summed E-state index contributed by atoms with van der Waals surface area (Å²) in [6.45, 7) is 1.75. The van der Waals surface area contributed by atoms with E-state index in [1.54, 1.807) is 13.0 Å². The summed E-state index contributed by atoms with van der Waals surface area (Å²) in [5.41, 5.74) is 2.55. The molecule has 4 nitrogen and oxygen atoms in total. The molecule has 0 fully saturated rings. The van der Waals surface area contributed by atoms with Crippen LogP contribution in [-0.4, -0.2) is 5.16 Å². The number of aryl methyl sites for hydroxylation is 1. The minimum absolute atomic E-state index is 0.116. The minimum Gasteiger partial charge on any atom is -0.461 e. The zero-order valence-electron chi connectivity index (χ0n) is 11.3. The van der Waals surface area contributed by atoms with Crippen LogP contribution in [0.4, 0.5) is 0 Å². The van der Waals surface area contributed by atoms with E-state index in [1.165, 1.54) is 6.07 Å². The summed E-state index contributed by atoms with van der Waals surface area (Å²) >= 11 is 0. The highest BCUT2D eigenvalue weighted by Gasteiger charge is 2.16. The second kappa shape index (κ2) is 4.31. The summed E-state index contributed by atoms with van der Waals surface area (Å²) in [6.07, 6.45) is 0. The predicted octanol–water partition coefficient (Wildman–Crippen LogP) is 3.91. The standard InChI is InChI=1S/C17H11NO3/c1-10-9-13(19)15-14(20-10)8-7-12-16(18-21-17(12)15)11-5-3-2-4-6-11/h2-9H,1H3. The fraction of sp³-hybridized carbons (Fsp3) is 0.0588. The van der Waals surface area contributed by atoms with Crippen LogP contribution in [0.2, 0.25) is 0 Å². The van der Waals surface area contributed by atoms with Crippen LogP contribution in [-0.2, 0) is 0 Å². The van der Waals surface area contributed by atoms with Crippen LogP contribution in [0.3, 0.4) is 0 Å². The van der Waals surface area contributed by atoms with Crippen molar-refractivity contribution in [2.24, 2.45) is 0 Å². The Labute approximate surface area is 119 Å². The molecule has 0 spiro atoms. The Balaban J connectivity index is 2.12. The third kappa shape index (κ3) is 1.76. The van der Waals surface area contributed by atoms with E-state index in [0.29, 0.717) is 22.3 Å². The maximum atomic E-state index is 12.2. The molecule has 0 N–H and O–H groups in total. The number of hydrogen-bond acceptors (Lipinski definition) is 4. The second-order valence-corrected chi connectivity index (χ2v) is 4.93. The maximum Gasteiger partial charge on any atom is 0.196 e. The first-order valence-corrected chi connectivity index (χ1v) is 6.62. The fourth-order valence-corrected chi connectivity index (χ4v) is 2.57. The molecule has 0 saturated heterocycles. The zero-order valence-corrected chi connectivity index (χ0v) is 11.3. The molecule has 0 saturated carbocycles. The first-order chi connectivity index (χ1) is 10.2. The fourth-order valence-electron chi connectivity index (χ4n) is 2.57. The quantitative estimate of drug-likeness (QED) is 0.529. The van der Waals surface area contributed by atoms with E-state index in [4.69, 9.17) is 8.94 Å². The lowest BCUT2D eigenvalue weighted by Crippen LogP contribution is -2.00. The molecule has 0 aliphatic heterocycles. The zero-order chi connectivity index (χ0) is 14.4. The molecule has 102 valence electrons. The van der Waals surface area contributed by atoms with Gasteiger partial charge in [-0.3, -0.25) is 4.79 Å². The molecule has 4 heteroatoms. The van der Waals surface area contributed by atoms with Gasteiger partial charge in [-0.05, 0) is 19.1 Å². The number of aromatic nitrogens is 1. The average molecular weight is 277 g/mol. The van der Waals surface area contributed by atoms with Gasteiger partial charge >= 0.3 is 0 Å². The van der Waals surface area contributed by atoms with Gasteiger partial charge in [-0.25, -0.2) is 0 Å². The van der Waals surface area contributed by atoms with Gasteiger partial charge in [-0.2, -0.15) is 0 Å². The maximum absolute atomic E-state index is 12.2. The monoisotopic (exact) mass is 277 g/mol. The van der Waals surface area contributed by atoms with Gasteiger partial charge in [-0.15, -0.1) is 0 Å². The van der Waals surface area contributed by atoms with Gasteiger partial charge in [0.1, 0.15) is 22.4 Å². The molecule has 0 aliphatic carbocycles. The average Bonchev–Trinajstić information content (AvgIpc) is 2.91. The van der Waals surface area contributed by atoms with E-state index in [2.05, 4.69) is 5.16 Å². The Morgan fingerprint density at radius 2 is 1.86 bits per heavy atom. The lowest BCUT2D eigenvalue weighted by atomic mass is 10.1. The van der Waals surface area contributed by atoms with Crippen molar-refractivity contribution in [3.8, 4) is 11.3 Å². The molecule has 2 heterocycles. The highest BCUT2D eigenvalue weighted by molar-refractivity contribution is 6.06. The first-order valence-electron chi connectivity index (χ1n) is 6.62. The molecule has 0 unspecified atom stereocenters. The van der Waals surface area contributed by atoms with Crippen molar-refractivity contribution in [2.75, 3.05) is 0 Å². The Hall–Kier alpha value is -2.88. The first kappa shape index (κ1) is 11.9. The predicted molar refractivity (Wildman–Crippen MR) is 80.2 cm³/mol. The summed E-state index contributed by atoms with van der Waals surface area (Å²) in [5.74, 6) is 0.578. The molecule has 0 atom stereocenters. The second-order valence-electron chi connectivity index (χ2n) is 4.93. The molecule has 0 aliphatic rings. The van der Waals surface area contributed by atoms with Crippen LogP contribution in [0, 0.1) is 6.92 Å². The van der Waals surface area contributed by atoms with Gasteiger partial charge in [0.15, 0.2) is 11.0 Å². The van der Waals surface area contributed by atoms with Crippen LogP contribution < -0.4 is 5.43 Å². The van der Waals surface area contributed by atoms with Gasteiger partial charge in [0.2, 0.25) is 0 Å². The van der Waals surface area contributed by atoms with E-state index in [0.717, 1.165) is 16.6 Å². The van der Waals surface area contributed by atoms with Crippen molar-refractivity contribution >= 4 is 21.9 Å². The molecule has 4 aromatic rings. The molecular weight excluding hydrogens is 266 g/mol. The molecule has 0 bridgehead atoms. The van der Waals surface area contributed by atoms with Gasteiger partial charge in [0, 0.05) is 11.6 Å². The smallest absolute Gasteiger partial charge is 0.196 e. The summed E-state index contributed by atoms with van der Waals surface area (Å²) in [4.78, 5) is 12.2. The van der Waals surface area contributed by atoms with E-state index in [-0.39, 0.29) is 5.43 Å². The highest BCUT2D eigenvalue weighted by Crippen LogP contribution is 2.31. The van der Waals surface area contributed by atoms with Gasteiger partial charge < -0.3 is 8.94 Å². The summed E-state index contributed by atoms with van der Waals surface area (Å²) in [6, 6.07) is 14.9. The Kier molecular flexibility index (Phi) is 2.44. The molecule has 21 heavy (non-hydrogen) atoms. The van der Waals surface area contributed by atoms with E-state index >= 15 is 0 Å². The Morgan fingerprint density at radius 3 is 2.67 bits per heavy atom. The van der Waals surface area contributed by atoms with Crippen LogP contribution in [0.1, 0.15) is 5.76 Å². The normalized spacial score (nSPS) is 11.3. The lowest BCUT2D eigenvalue weighted by Gasteiger charge is -1.99. The summed E-state index contributed by atoms with van der Waals surface area (Å²) < 4.78 is 11.0. The molecule has 2 aromatic heterocycles. The van der Waals surface area contributed by atoms with Crippen molar-refractivity contribution in [3.63, 3.8) is 0 Å². The van der Waals surface area contributed by atoms with Crippen molar-refractivity contribution in [1.82, 2.24) is 5.16 Å². The topological polar surface area (TPSA) is 56.2 Å². The van der Waals surface area contributed by atoms with E-state index in [1.807, 2.05) is 36.4 Å². The number of rotatable bonds is 1. The number of fused-ring (bicyclic) bond motifs is 3. The molecule has 2 aromatic carbocycles. The Morgan fingerprint density at radius 1 is 1.05 bits per heavy atom. The van der Waals surface area contributed by atoms with Crippen molar-refractivity contribution in [1.29, 1.82) is 0 Å². The molecular formula is C17H11NO3. The van der Waals surface area contributed by atoms with Crippen LogP contribution in [0.15, 0.2) is 62.3 Å². The van der Waals surface area contributed by atoms with Gasteiger partial charge in [0.25, 0.3) is 0 Å². The van der Waals surface area contributed by atoms with E-state index < -0.39 is 0 Å². The minimum atomic E-state index is -0.116. The third-order valence-electron chi connectivity index (χ3n) is 3.50. The lowest BCUT2D eigenvalue weighted by molar-refractivity contribution is 0.461. The third-order valence-corrected chi connectivity index (χ3v) is 3.50. The SMILES string of the molecule is Cc1cc(=O)c2c(ccc3c(-c4ccccc4)noc32)o1. The number of nitrogens with zero attached hydrogens (tertiary/aromatic N) is 1. The number of hydrogen-bond donors (Lipinski definition) is 0. The van der Waals surface area contributed by atoms with Gasteiger partial charge in [0.05, 0.1) is 5.39 Å². The summed E-state index contributed by atoms with van der Waals surface area (Å²) in [5, 5.41) is 5.37. The number of benzene rings is 2. The largest absolute Gasteiger partial charge is 0.461 e. The van der Waals surface area contributed by atoms with Crippen molar-refractivity contribution < 1.29 is 8.94 Å². The van der Waals surface area contributed by atoms with Crippen LogP contribution in [0.5, 0.6) is 0 Å². The summed E-state index contributed by atoms with van der Waals surface area (Å²) in [7, 11) is 0. The van der Waals surface area contributed by atoms with E-state index in [9.17, 15) is 4.79 Å². The molecule has 4 rings (SSSR count). The van der Waals surface area contributed by atoms with Gasteiger partial charge in [-0.1, -0.05) is 35.5 Å². The van der Waals surface area contributed by atoms with Crippen molar-refractivity contribution in [2.45, 2.75) is 6.92 Å². The van der Waals surface area contributed by atoms with Crippen molar-refractivity contribution in [3.05, 3.63) is 64.5 Å². The Bertz CT molecular complexity index is 1010. The van der Waals surface area contributed by atoms with Crippen LogP contribution >= 0.6 is 0 Å². The highest BCUT2D eigenvalue weighted by atomic mass is 16.5. The molecule has 0 amide bonds. The van der Waals surface area contributed by atoms with Crippen LogP contribution in [0.25, 0.3) is 33.2 Å². The molecule has 0 radical (unpaired) electrons.